The number of benzene rings is 1. The monoisotopic (exact) mass is 255 g/mol. The lowest BCUT2D eigenvalue weighted by atomic mass is 9.95. The second-order valence-electron chi connectivity index (χ2n) is 5.29. The first-order valence-electron chi connectivity index (χ1n) is 6.56. The predicted molar refractivity (Wildman–Crippen MR) is 79.9 cm³/mol. The average Bonchev–Trinajstić information content (AvgIpc) is 2.41. The molecule has 3 heteroatoms. The van der Waals surface area contributed by atoms with E-state index >= 15 is 0 Å². The van der Waals surface area contributed by atoms with Gasteiger partial charge in [0.2, 0.25) is 0 Å². The molecule has 0 radical (unpaired) electrons. The molecule has 1 aromatic carbocycles. The van der Waals surface area contributed by atoms with Gasteiger partial charge in [0, 0.05) is 11.8 Å². The number of nitrogens with zero attached hydrogens (tertiary/aromatic N) is 1. The summed E-state index contributed by atoms with van der Waals surface area (Å²) >= 11 is 0. The molecule has 100 valence electrons. The largest absolute Gasteiger partial charge is 0.383 e. The van der Waals surface area contributed by atoms with Gasteiger partial charge >= 0.3 is 0 Å². The molecule has 0 fully saturated rings. The minimum absolute atomic E-state index is 0.228. The Morgan fingerprint density at radius 1 is 1.05 bits per heavy atom. The van der Waals surface area contributed by atoms with Gasteiger partial charge in [-0.2, -0.15) is 0 Å². The van der Waals surface area contributed by atoms with Crippen molar-refractivity contribution in [2.24, 2.45) is 5.73 Å². The topological polar surface area (TPSA) is 64.9 Å². The van der Waals surface area contributed by atoms with Crippen molar-refractivity contribution in [2.75, 3.05) is 5.73 Å². The first-order valence-corrected chi connectivity index (χ1v) is 6.56. The van der Waals surface area contributed by atoms with E-state index in [4.69, 9.17) is 11.5 Å². The number of hydrogen-bond donors (Lipinski definition) is 2. The van der Waals surface area contributed by atoms with Crippen molar-refractivity contribution < 1.29 is 0 Å². The van der Waals surface area contributed by atoms with Crippen LogP contribution in [0, 0.1) is 6.92 Å². The molecule has 0 aliphatic rings. The van der Waals surface area contributed by atoms with E-state index in [-0.39, 0.29) is 6.04 Å². The van der Waals surface area contributed by atoms with Gasteiger partial charge in [0.25, 0.3) is 0 Å². The fourth-order valence-corrected chi connectivity index (χ4v) is 2.12. The Morgan fingerprint density at radius 2 is 1.63 bits per heavy atom. The van der Waals surface area contributed by atoms with E-state index in [0.717, 1.165) is 16.7 Å². The number of nitrogens with two attached hydrogens (primary N) is 2. The minimum atomic E-state index is -0.228. The van der Waals surface area contributed by atoms with Crippen LogP contribution in [0.5, 0.6) is 0 Å². The molecule has 19 heavy (non-hydrogen) atoms. The molecule has 4 N–H and O–H groups in total. The molecule has 1 heterocycles. The minimum Gasteiger partial charge on any atom is -0.383 e. The van der Waals surface area contributed by atoms with Crippen LogP contribution in [-0.2, 0) is 0 Å². The summed E-state index contributed by atoms with van der Waals surface area (Å²) in [6.45, 7) is 6.35. The molecule has 0 aliphatic heterocycles. The number of aryl methyl sites for hydroxylation is 1. The molecular weight excluding hydrogens is 234 g/mol. The normalized spacial score (nSPS) is 12.7. The van der Waals surface area contributed by atoms with Crippen molar-refractivity contribution in [3.8, 4) is 0 Å². The molecule has 0 saturated carbocycles. The fraction of sp³-hybridized carbons (Fsp3) is 0.312. The van der Waals surface area contributed by atoms with E-state index < -0.39 is 0 Å². The molecule has 0 bridgehead atoms. The number of pyridine rings is 1. The van der Waals surface area contributed by atoms with Crippen LogP contribution in [0.15, 0.2) is 36.5 Å². The zero-order valence-electron chi connectivity index (χ0n) is 11.7. The molecule has 0 amide bonds. The zero-order chi connectivity index (χ0) is 14.0. The van der Waals surface area contributed by atoms with Crippen LogP contribution in [0.25, 0.3) is 0 Å². The summed E-state index contributed by atoms with van der Waals surface area (Å²) in [4.78, 5) is 4.17. The van der Waals surface area contributed by atoms with Gasteiger partial charge in [0.05, 0.1) is 6.04 Å². The third-order valence-electron chi connectivity index (χ3n) is 3.38. The molecule has 1 aromatic heterocycles. The van der Waals surface area contributed by atoms with Crippen LogP contribution >= 0.6 is 0 Å². The van der Waals surface area contributed by atoms with E-state index in [2.05, 4.69) is 43.1 Å². The molecular formula is C16H21N3. The van der Waals surface area contributed by atoms with Gasteiger partial charge in [0.15, 0.2) is 0 Å². The van der Waals surface area contributed by atoms with Crippen molar-refractivity contribution in [2.45, 2.75) is 32.7 Å². The molecule has 1 unspecified atom stereocenters. The van der Waals surface area contributed by atoms with Crippen LogP contribution in [0.4, 0.5) is 5.82 Å². The van der Waals surface area contributed by atoms with E-state index in [9.17, 15) is 0 Å². The van der Waals surface area contributed by atoms with Gasteiger partial charge < -0.3 is 11.5 Å². The quantitative estimate of drug-likeness (QED) is 0.885. The number of nitrogen functional groups attached to an aromatic ring is 1. The number of hydrogen-bond acceptors (Lipinski definition) is 3. The van der Waals surface area contributed by atoms with Gasteiger partial charge in [-0.3, -0.25) is 0 Å². The standard InChI is InChI=1S/C16H21N3/c1-10(2)12-4-6-13(7-5-12)15(17)14-8-11(3)9-19-16(14)18/h4-10,15H,17H2,1-3H3,(H2,18,19). The van der Waals surface area contributed by atoms with Gasteiger partial charge in [-0.15, -0.1) is 0 Å². The van der Waals surface area contributed by atoms with E-state index in [0.29, 0.717) is 11.7 Å². The Bertz CT molecular complexity index is 559. The Balaban J connectivity index is 2.33. The highest BCUT2D eigenvalue weighted by Crippen LogP contribution is 2.25. The first-order chi connectivity index (χ1) is 8.99. The molecule has 0 saturated heterocycles. The van der Waals surface area contributed by atoms with E-state index in [1.165, 1.54) is 5.56 Å². The lowest BCUT2D eigenvalue weighted by Crippen LogP contribution is -2.15. The van der Waals surface area contributed by atoms with Crippen molar-refractivity contribution in [3.63, 3.8) is 0 Å². The zero-order valence-corrected chi connectivity index (χ0v) is 11.7. The maximum absolute atomic E-state index is 6.29. The highest BCUT2D eigenvalue weighted by Gasteiger charge is 2.13. The maximum atomic E-state index is 6.29. The molecule has 3 nitrogen and oxygen atoms in total. The summed E-state index contributed by atoms with van der Waals surface area (Å²) in [5, 5.41) is 0. The summed E-state index contributed by atoms with van der Waals surface area (Å²) in [5.74, 6) is 1.03. The van der Waals surface area contributed by atoms with Crippen LogP contribution in [0.3, 0.4) is 0 Å². The number of rotatable bonds is 3. The number of aromatic nitrogens is 1. The summed E-state index contributed by atoms with van der Waals surface area (Å²) in [5.41, 5.74) is 16.5. The van der Waals surface area contributed by atoms with Crippen molar-refractivity contribution in [1.29, 1.82) is 0 Å². The highest BCUT2D eigenvalue weighted by atomic mass is 14.8. The molecule has 2 aromatic rings. The molecule has 0 spiro atoms. The fourth-order valence-electron chi connectivity index (χ4n) is 2.12. The van der Waals surface area contributed by atoms with Crippen molar-refractivity contribution in [3.05, 3.63) is 58.8 Å². The van der Waals surface area contributed by atoms with Gasteiger partial charge in [-0.25, -0.2) is 4.98 Å². The molecule has 1 atom stereocenters. The highest BCUT2D eigenvalue weighted by molar-refractivity contribution is 5.47. The summed E-state index contributed by atoms with van der Waals surface area (Å²) in [6.07, 6.45) is 1.76. The summed E-state index contributed by atoms with van der Waals surface area (Å²) in [6, 6.07) is 10.2. The lowest BCUT2D eigenvalue weighted by molar-refractivity contribution is 0.845. The SMILES string of the molecule is Cc1cnc(N)c(C(N)c2ccc(C(C)C)cc2)c1. The van der Waals surface area contributed by atoms with Gasteiger partial charge in [-0.1, -0.05) is 38.1 Å². The Kier molecular flexibility index (Phi) is 3.86. The first kappa shape index (κ1) is 13.6. The Morgan fingerprint density at radius 3 is 2.21 bits per heavy atom. The maximum Gasteiger partial charge on any atom is 0.128 e. The van der Waals surface area contributed by atoms with Gasteiger partial charge in [-0.05, 0) is 35.6 Å². The van der Waals surface area contributed by atoms with E-state index in [1.54, 1.807) is 6.20 Å². The Hall–Kier alpha value is -1.87. The van der Waals surface area contributed by atoms with Gasteiger partial charge in [0.1, 0.15) is 5.82 Å². The summed E-state index contributed by atoms with van der Waals surface area (Å²) < 4.78 is 0. The third kappa shape index (κ3) is 2.93. The number of anilines is 1. The van der Waals surface area contributed by atoms with Crippen LogP contribution in [0.1, 0.15) is 48.1 Å². The van der Waals surface area contributed by atoms with E-state index in [1.807, 2.05) is 13.0 Å². The molecule has 2 rings (SSSR count). The predicted octanol–water partition coefficient (Wildman–Crippen LogP) is 3.14. The van der Waals surface area contributed by atoms with Crippen LogP contribution in [-0.4, -0.2) is 4.98 Å². The molecule has 0 aliphatic carbocycles. The van der Waals surface area contributed by atoms with Crippen LogP contribution in [0.2, 0.25) is 0 Å². The Labute approximate surface area is 114 Å². The lowest BCUT2D eigenvalue weighted by Gasteiger charge is -2.16. The van der Waals surface area contributed by atoms with Crippen LogP contribution < -0.4 is 11.5 Å². The second-order valence-corrected chi connectivity index (χ2v) is 5.29. The van der Waals surface area contributed by atoms with Crippen molar-refractivity contribution in [1.82, 2.24) is 4.98 Å². The second kappa shape index (κ2) is 5.41. The average molecular weight is 255 g/mol. The smallest absolute Gasteiger partial charge is 0.128 e. The third-order valence-corrected chi connectivity index (χ3v) is 3.38. The summed E-state index contributed by atoms with van der Waals surface area (Å²) in [7, 11) is 0. The van der Waals surface area contributed by atoms with Crippen molar-refractivity contribution >= 4 is 5.82 Å².